The van der Waals surface area contributed by atoms with Crippen LogP contribution in [0.2, 0.25) is 0 Å². The number of amides is 1. The topological polar surface area (TPSA) is 110 Å². The molecular formula is C31H30F5N7O2. The number of hydrogen-bond acceptors (Lipinski definition) is 7. The van der Waals surface area contributed by atoms with Crippen LogP contribution in [-0.4, -0.2) is 61.7 Å². The van der Waals surface area contributed by atoms with Crippen LogP contribution in [-0.2, 0) is 4.79 Å². The number of carbonyl (C=O) groups is 1. The lowest BCUT2D eigenvalue weighted by atomic mass is 10.0. The third-order valence-electron chi connectivity index (χ3n) is 8.08. The highest BCUT2D eigenvalue weighted by atomic mass is 19.4. The third kappa shape index (κ3) is 5.49. The first kappa shape index (κ1) is 31.5. The number of nitrogens with zero attached hydrogens (tertiary/aromatic N) is 6. The van der Waals surface area contributed by atoms with E-state index in [0.29, 0.717) is 0 Å². The molecule has 45 heavy (non-hydrogen) atoms. The van der Waals surface area contributed by atoms with Crippen molar-refractivity contribution in [2.24, 2.45) is 0 Å². The summed E-state index contributed by atoms with van der Waals surface area (Å²) in [5, 5.41) is -0.0258. The maximum atomic E-state index is 15.9. The molecule has 9 nitrogen and oxygen atoms in total. The number of anilines is 2. The Morgan fingerprint density at radius 2 is 1.82 bits per heavy atom. The first-order valence-corrected chi connectivity index (χ1v) is 14.1. The zero-order valence-electron chi connectivity index (χ0n) is 24.9. The van der Waals surface area contributed by atoms with Gasteiger partial charge in [-0.3, -0.25) is 9.78 Å². The van der Waals surface area contributed by atoms with Gasteiger partial charge in [0.1, 0.15) is 17.3 Å². The zero-order chi connectivity index (χ0) is 33.0. The molecule has 1 aliphatic rings. The van der Waals surface area contributed by atoms with Gasteiger partial charge >= 0.3 is 11.9 Å². The van der Waals surface area contributed by atoms with E-state index in [0.717, 1.165) is 23.6 Å². The normalized spacial score (nSPS) is 17.9. The number of nitrogen functional groups attached to an aromatic ring is 1. The molecule has 1 aromatic carbocycles. The number of aromatic nitrogens is 4. The van der Waals surface area contributed by atoms with E-state index in [1.807, 2.05) is 0 Å². The van der Waals surface area contributed by atoms with Crippen molar-refractivity contribution >= 4 is 28.4 Å². The number of fused-ring (bicyclic) bond motifs is 1. The average molecular weight is 628 g/mol. The summed E-state index contributed by atoms with van der Waals surface area (Å²) in [6, 6.07) is 5.36. The van der Waals surface area contributed by atoms with Gasteiger partial charge in [0.2, 0.25) is 5.91 Å². The third-order valence-corrected chi connectivity index (χ3v) is 8.08. The van der Waals surface area contributed by atoms with Gasteiger partial charge in [0.15, 0.2) is 11.5 Å². The highest BCUT2D eigenvalue weighted by Crippen LogP contribution is 2.39. The number of hydrogen-bond donors (Lipinski definition) is 1. The Hall–Kier alpha value is -4.88. The highest BCUT2D eigenvalue weighted by molar-refractivity contribution is 5.92. The number of pyridine rings is 2. The van der Waals surface area contributed by atoms with Crippen LogP contribution in [0.3, 0.4) is 0 Å². The van der Waals surface area contributed by atoms with Crippen molar-refractivity contribution in [3.05, 3.63) is 82.6 Å². The summed E-state index contributed by atoms with van der Waals surface area (Å²) in [6.45, 7) is 9.90. The molecule has 1 aliphatic heterocycles. The summed E-state index contributed by atoms with van der Waals surface area (Å²) in [5.41, 5.74) is 3.19. The first-order valence-electron chi connectivity index (χ1n) is 14.1. The Bertz CT molecular complexity index is 1870. The van der Waals surface area contributed by atoms with Gasteiger partial charge in [-0.1, -0.05) is 12.6 Å². The van der Waals surface area contributed by atoms with E-state index in [2.05, 4.69) is 21.5 Å². The number of rotatable bonds is 5. The van der Waals surface area contributed by atoms with Crippen molar-refractivity contribution in [3.8, 4) is 16.9 Å². The molecule has 3 atom stereocenters. The lowest BCUT2D eigenvalue weighted by molar-refractivity contribution is -0.147. The van der Waals surface area contributed by atoms with Crippen LogP contribution < -0.4 is 16.3 Å². The number of carbonyl (C=O) groups excluding carboxylic acids is 1. The summed E-state index contributed by atoms with van der Waals surface area (Å²) in [4.78, 5) is 42.3. The molecule has 1 amide bonds. The molecule has 14 heteroatoms. The quantitative estimate of drug-likeness (QED) is 0.182. The van der Waals surface area contributed by atoms with Gasteiger partial charge in [-0.25, -0.2) is 23.1 Å². The second kappa shape index (κ2) is 11.6. The van der Waals surface area contributed by atoms with E-state index in [-0.39, 0.29) is 64.4 Å². The van der Waals surface area contributed by atoms with Crippen LogP contribution >= 0.6 is 0 Å². The van der Waals surface area contributed by atoms with Crippen LogP contribution in [0.25, 0.3) is 28.0 Å². The Morgan fingerprint density at radius 1 is 1.11 bits per heavy atom. The maximum absolute atomic E-state index is 15.9. The monoisotopic (exact) mass is 627 g/mol. The van der Waals surface area contributed by atoms with Gasteiger partial charge < -0.3 is 15.5 Å². The SMILES string of the molecule is C=CC(=O)N1C[C@H](C)N(c2nc(=O)n(-c3c(C)ccnc3[C@H](C)C(F)(F)F)c3nc(-c4c(N)cccc4F)c(F)cc23)C[C@H]1C. The molecule has 3 aromatic heterocycles. The Balaban J connectivity index is 1.86. The molecule has 0 bridgehead atoms. The summed E-state index contributed by atoms with van der Waals surface area (Å²) >= 11 is 0. The molecule has 2 N–H and O–H groups in total. The Labute approximate surface area is 254 Å². The van der Waals surface area contributed by atoms with Crippen molar-refractivity contribution in [1.29, 1.82) is 0 Å². The van der Waals surface area contributed by atoms with E-state index < -0.39 is 46.8 Å². The standard InChI is InChI=1S/C31H30F5N7O2/c1-6-23(44)41-13-17(4)42(14-16(41)3)28-19-12-21(33)26(24-20(32)8-7-9-22(24)37)39-29(19)43(30(45)40-28)27-15(2)10-11-38-25(27)18(5)31(34,35)36/h6-12,16-18H,1,13-14,37H2,2-5H3/t16-,17+,18+/m1/s1. The first-order chi connectivity index (χ1) is 21.1. The second-order valence-corrected chi connectivity index (χ2v) is 11.1. The summed E-state index contributed by atoms with van der Waals surface area (Å²) in [7, 11) is 0. The predicted molar refractivity (Wildman–Crippen MR) is 160 cm³/mol. The molecule has 0 aliphatic carbocycles. The summed E-state index contributed by atoms with van der Waals surface area (Å²) in [6.07, 6.45) is -2.33. The molecule has 236 valence electrons. The molecule has 0 saturated carbocycles. The van der Waals surface area contributed by atoms with Crippen molar-refractivity contribution in [1.82, 2.24) is 24.4 Å². The fourth-order valence-electron chi connectivity index (χ4n) is 5.67. The van der Waals surface area contributed by atoms with Crippen LogP contribution in [0.1, 0.15) is 37.9 Å². The van der Waals surface area contributed by atoms with E-state index in [9.17, 15) is 22.8 Å². The Kier molecular flexibility index (Phi) is 8.10. The van der Waals surface area contributed by atoms with Crippen molar-refractivity contribution in [3.63, 3.8) is 0 Å². The van der Waals surface area contributed by atoms with E-state index in [4.69, 9.17) is 5.73 Å². The van der Waals surface area contributed by atoms with Gasteiger partial charge in [-0.2, -0.15) is 18.2 Å². The molecule has 4 heterocycles. The van der Waals surface area contributed by atoms with Gasteiger partial charge in [0.05, 0.1) is 28.2 Å². The minimum atomic E-state index is -4.72. The minimum absolute atomic E-state index is 0.00252. The lowest BCUT2D eigenvalue weighted by Crippen LogP contribution is -2.58. The molecular weight excluding hydrogens is 597 g/mol. The Morgan fingerprint density at radius 3 is 2.47 bits per heavy atom. The van der Waals surface area contributed by atoms with Gasteiger partial charge in [0.25, 0.3) is 0 Å². The molecule has 0 radical (unpaired) electrons. The van der Waals surface area contributed by atoms with Crippen LogP contribution in [0.15, 0.2) is 54.0 Å². The van der Waals surface area contributed by atoms with Crippen LogP contribution in [0.4, 0.5) is 33.5 Å². The molecule has 4 aromatic rings. The number of halogens is 5. The molecule has 0 unspecified atom stereocenters. The highest BCUT2D eigenvalue weighted by Gasteiger charge is 2.41. The van der Waals surface area contributed by atoms with Crippen LogP contribution in [0.5, 0.6) is 0 Å². The zero-order valence-corrected chi connectivity index (χ0v) is 24.9. The number of nitrogens with two attached hydrogens (primary N) is 1. The number of alkyl halides is 3. The van der Waals surface area contributed by atoms with Gasteiger partial charge in [-0.15, -0.1) is 0 Å². The smallest absolute Gasteiger partial charge is 0.397 e. The van der Waals surface area contributed by atoms with Gasteiger partial charge in [-0.05, 0) is 63.6 Å². The maximum Gasteiger partial charge on any atom is 0.397 e. The van der Waals surface area contributed by atoms with Crippen LogP contribution in [0, 0.1) is 18.6 Å². The van der Waals surface area contributed by atoms with E-state index in [1.165, 1.54) is 37.4 Å². The predicted octanol–water partition coefficient (Wildman–Crippen LogP) is 5.29. The summed E-state index contributed by atoms with van der Waals surface area (Å²) < 4.78 is 73.8. The molecule has 5 rings (SSSR count). The summed E-state index contributed by atoms with van der Waals surface area (Å²) in [5.74, 6) is -4.28. The fraction of sp³-hybridized carbons (Fsp3) is 0.323. The molecule has 1 fully saturated rings. The van der Waals surface area contributed by atoms with Gasteiger partial charge in [0, 0.05) is 37.1 Å². The molecule has 1 saturated heterocycles. The van der Waals surface area contributed by atoms with E-state index >= 15 is 8.78 Å². The number of benzene rings is 1. The fourth-order valence-corrected chi connectivity index (χ4v) is 5.67. The van der Waals surface area contributed by atoms with Crippen molar-refractivity contribution < 1.29 is 26.7 Å². The van der Waals surface area contributed by atoms with Crippen molar-refractivity contribution in [2.45, 2.75) is 51.9 Å². The molecule has 0 spiro atoms. The largest absolute Gasteiger partial charge is 0.398 e. The number of aryl methyl sites for hydroxylation is 1. The second-order valence-electron chi connectivity index (χ2n) is 11.1. The lowest BCUT2D eigenvalue weighted by Gasteiger charge is -2.44. The number of piperazine rings is 1. The van der Waals surface area contributed by atoms with Crippen molar-refractivity contribution in [2.75, 3.05) is 23.7 Å². The minimum Gasteiger partial charge on any atom is -0.398 e. The van der Waals surface area contributed by atoms with E-state index in [1.54, 1.807) is 23.6 Å². The average Bonchev–Trinajstić information content (AvgIpc) is 2.97.